The topological polar surface area (TPSA) is 22.0 Å². The van der Waals surface area contributed by atoms with E-state index in [1.54, 1.807) is 12.3 Å². The first-order valence-corrected chi connectivity index (χ1v) is 3.83. The largest absolute Gasteiger partial charge is 0.350 e. The smallest absolute Gasteiger partial charge is 0.189 e. The Labute approximate surface area is 70.1 Å². The van der Waals surface area contributed by atoms with Gasteiger partial charge in [0, 0.05) is 24.7 Å². The zero-order chi connectivity index (χ0) is 8.55. The van der Waals surface area contributed by atoms with Gasteiger partial charge >= 0.3 is 0 Å². The van der Waals surface area contributed by atoms with Crippen LogP contribution in [-0.4, -0.2) is 4.57 Å². The van der Waals surface area contributed by atoms with Crippen LogP contribution in [0.3, 0.4) is 0 Å². The van der Waals surface area contributed by atoms with Crippen molar-refractivity contribution in [3.05, 3.63) is 46.8 Å². The molecule has 12 heavy (non-hydrogen) atoms. The van der Waals surface area contributed by atoms with Gasteiger partial charge in [-0.2, -0.15) is 0 Å². The van der Waals surface area contributed by atoms with Gasteiger partial charge < -0.3 is 4.57 Å². The maximum absolute atomic E-state index is 11.3. The predicted molar refractivity (Wildman–Crippen MR) is 49.2 cm³/mol. The Hall–Kier alpha value is -1.57. The summed E-state index contributed by atoms with van der Waals surface area (Å²) in [6.45, 7) is 0. The Morgan fingerprint density at radius 2 is 1.92 bits per heavy atom. The molecule has 0 fully saturated rings. The van der Waals surface area contributed by atoms with Gasteiger partial charge in [0.1, 0.15) is 0 Å². The van der Waals surface area contributed by atoms with Crippen LogP contribution in [-0.2, 0) is 7.05 Å². The molecule has 1 aromatic carbocycles. The lowest BCUT2D eigenvalue weighted by atomic mass is 10.2. The fraction of sp³-hybridized carbons (Fsp3) is 0.100. The highest BCUT2D eigenvalue weighted by molar-refractivity contribution is 5.78. The normalized spacial score (nSPS) is 10.4. The second-order valence-electron chi connectivity index (χ2n) is 2.81. The lowest BCUT2D eigenvalue weighted by Gasteiger charge is -2.02. The van der Waals surface area contributed by atoms with Crippen molar-refractivity contribution in [1.82, 2.24) is 4.57 Å². The van der Waals surface area contributed by atoms with Crippen LogP contribution in [0.2, 0.25) is 0 Å². The van der Waals surface area contributed by atoms with Crippen LogP contribution in [0, 0.1) is 0 Å². The number of pyridine rings is 1. The number of hydrogen-bond donors (Lipinski definition) is 0. The van der Waals surface area contributed by atoms with Crippen molar-refractivity contribution >= 4 is 10.9 Å². The molecule has 1 heterocycles. The number of aryl methyl sites for hydroxylation is 1. The first kappa shape index (κ1) is 7.10. The monoisotopic (exact) mass is 159 g/mol. The summed E-state index contributed by atoms with van der Waals surface area (Å²) in [5, 5.41) is 0.780. The molecule has 2 heteroatoms. The Morgan fingerprint density at radius 1 is 1.17 bits per heavy atom. The molecule has 0 aliphatic heterocycles. The summed E-state index contributed by atoms with van der Waals surface area (Å²) in [5.41, 5.74) is 1.06. The van der Waals surface area contributed by atoms with Crippen molar-refractivity contribution in [3.8, 4) is 0 Å². The Balaban J connectivity index is 3.05. The molecule has 60 valence electrons. The van der Waals surface area contributed by atoms with Crippen molar-refractivity contribution in [2.75, 3.05) is 0 Å². The molecular weight excluding hydrogens is 150 g/mol. The van der Waals surface area contributed by atoms with E-state index in [4.69, 9.17) is 0 Å². The van der Waals surface area contributed by atoms with Crippen LogP contribution in [0.25, 0.3) is 10.9 Å². The third-order valence-corrected chi connectivity index (χ3v) is 2.00. The second-order valence-corrected chi connectivity index (χ2v) is 2.81. The van der Waals surface area contributed by atoms with Gasteiger partial charge in [-0.05, 0) is 12.1 Å². The maximum atomic E-state index is 11.3. The Kier molecular flexibility index (Phi) is 1.47. The molecular formula is C10H9NO. The number of rotatable bonds is 0. The minimum atomic E-state index is 0.0868. The van der Waals surface area contributed by atoms with Crippen molar-refractivity contribution in [2.45, 2.75) is 0 Å². The van der Waals surface area contributed by atoms with Gasteiger partial charge in [-0.15, -0.1) is 0 Å². The zero-order valence-corrected chi connectivity index (χ0v) is 6.82. The van der Waals surface area contributed by atoms with Crippen molar-refractivity contribution < 1.29 is 0 Å². The molecule has 0 spiro atoms. The van der Waals surface area contributed by atoms with Crippen LogP contribution in [0.15, 0.2) is 41.3 Å². The van der Waals surface area contributed by atoms with Gasteiger partial charge in [0.25, 0.3) is 0 Å². The minimum Gasteiger partial charge on any atom is -0.350 e. The predicted octanol–water partition coefficient (Wildman–Crippen LogP) is 1.54. The molecule has 0 atom stereocenters. The summed E-state index contributed by atoms with van der Waals surface area (Å²) in [5.74, 6) is 0. The quantitative estimate of drug-likeness (QED) is 0.571. The number of fused-ring (bicyclic) bond motifs is 1. The average Bonchev–Trinajstić information content (AvgIpc) is 2.12. The van der Waals surface area contributed by atoms with Crippen LogP contribution < -0.4 is 5.43 Å². The first-order valence-electron chi connectivity index (χ1n) is 3.83. The van der Waals surface area contributed by atoms with Gasteiger partial charge in [0.05, 0.1) is 5.52 Å². The molecule has 0 unspecified atom stereocenters. The maximum Gasteiger partial charge on any atom is 0.189 e. The van der Waals surface area contributed by atoms with Crippen molar-refractivity contribution in [3.63, 3.8) is 0 Å². The highest BCUT2D eigenvalue weighted by atomic mass is 16.1. The number of aromatic nitrogens is 1. The van der Waals surface area contributed by atoms with E-state index in [0.717, 1.165) is 10.9 Å². The van der Waals surface area contributed by atoms with E-state index in [1.165, 1.54) is 0 Å². The Morgan fingerprint density at radius 3 is 2.67 bits per heavy atom. The van der Waals surface area contributed by atoms with E-state index in [1.807, 2.05) is 35.9 Å². The van der Waals surface area contributed by atoms with Crippen LogP contribution >= 0.6 is 0 Å². The van der Waals surface area contributed by atoms with Crippen LogP contribution in [0.1, 0.15) is 0 Å². The first-order chi connectivity index (χ1) is 5.79. The Bertz CT molecular complexity index is 470. The van der Waals surface area contributed by atoms with E-state index in [2.05, 4.69) is 0 Å². The summed E-state index contributed by atoms with van der Waals surface area (Å²) in [4.78, 5) is 11.3. The van der Waals surface area contributed by atoms with E-state index < -0.39 is 0 Å². The van der Waals surface area contributed by atoms with Gasteiger partial charge in [-0.25, -0.2) is 0 Å². The molecule has 2 nitrogen and oxygen atoms in total. The molecule has 1 aromatic heterocycles. The van der Waals surface area contributed by atoms with Gasteiger partial charge in [0.15, 0.2) is 5.43 Å². The zero-order valence-electron chi connectivity index (χ0n) is 6.82. The fourth-order valence-electron chi connectivity index (χ4n) is 1.34. The SMILES string of the molecule is Cn1ccc(=O)c2ccccc21. The molecule has 0 radical (unpaired) electrons. The molecule has 0 aliphatic rings. The minimum absolute atomic E-state index is 0.0868. The van der Waals surface area contributed by atoms with Crippen molar-refractivity contribution in [1.29, 1.82) is 0 Å². The number of hydrogen-bond acceptors (Lipinski definition) is 1. The molecule has 0 bridgehead atoms. The van der Waals surface area contributed by atoms with Gasteiger partial charge in [0.2, 0.25) is 0 Å². The molecule has 0 amide bonds. The molecule has 0 saturated heterocycles. The standard InChI is InChI=1S/C10H9NO/c1-11-7-6-10(12)8-4-2-3-5-9(8)11/h2-7H,1H3. The average molecular weight is 159 g/mol. The van der Waals surface area contributed by atoms with E-state index in [9.17, 15) is 4.79 Å². The number of nitrogens with zero attached hydrogens (tertiary/aromatic N) is 1. The van der Waals surface area contributed by atoms with Crippen LogP contribution in [0.5, 0.6) is 0 Å². The highest BCUT2D eigenvalue weighted by Gasteiger charge is 1.96. The van der Waals surface area contributed by atoms with E-state index in [-0.39, 0.29) is 5.43 Å². The summed E-state index contributed by atoms with van der Waals surface area (Å²) in [6, 6.07) is 9.18. The molecule has 0 N–H and O–H groups in total. The number of para-hydroxylation sites is 1. The van der Waals surface area contributed by atoms with E-state index in [0.29, 0.717) is 0 Å². The summed E-state index contributed by atoms with van der Waals surface area (Å²) in [6.07, 6.45) is 1.78. The van der Waals surface area contributed by atoms with Crippen LogP contribution in [0.4, 0.5) is 0 Å². The van der Waals surface area contributed by atoms with E-state index >= 15 is 0 Å². The van der Waals surface area contributed by atoms with Gasteiger partial charge in [-0.1, -0.05) is 12.1 Å². The van der Waals surface area contributed by atoms with Gasteiger partial charge in [-0.3, -0.25) is 4.79 Å². The van der Waals surface area contributed by atoms with Crippen molar-refractivity contribution in [2.24, 2.45) is 7.05 Å². The second kappa shape index (κ2) is 2.48. The number of benzene rings is 1. The molecule has 2 aromatic rings. The molecule has 2 rings (SSSR count). The fourth-order valence-corrected chi connectivity index (χ4v) is 1.34. The lowest BCUT2D eigenvalue weighted by Crippen LogP contribution is -2.04. The third kappa shape index (κ3) is 0.925. The summed E-state index contributed by atoms with van der Waals surface area (Å²) < 4.78 is 1.94. The third-order valence-electron chi connectivity index (χ3n) is 2.00. The molecule has 0 saturated carbocycles. The highest BCUT2D eigenvalue weighted by Crippen LogP contribution is 2.06. The summed E-state index contributed by atoms with van der Waals surface area (Å²) in [7, 11) is 1.93. The lowest BCUT2D eigenvalue weighted by molar-refractivity contribution is 0.950. The summed E-state index contributed by atoms with van der Waals surface area (Å²) >= 11 is 0. The molecule has 0 aliphatic carbocycles.